The van der Waals surface area contributed by atoms with Gasteiger partial charge < -0.3 is 64.2 Å². The molecular formula is C57H100O14. The second kappa shape index (κ2) is 44.0. The number of allylic oxidation sites excluding steroid dienone is 10. The van der Waals surface area contributed by atoms with Gasteiger partial charge >= 0.3 is 5.97 Å². The molecule has 2 rings (SSSR count). The lowest BCUT2D eigenvalue weighted by molar-refractivity contribution is -0.332. The number of carbonyl (C=O) groups is 1. The number of rotatable bonds is 44. The van der Waals surface area contributed by atoms with Crippen LogP contribution in [0.3, 0.4) is 0 Å². The molecule has 412 valence electrons. The van der Waals surface area contributed by atoms with Crippen LogP contribution in [0.5, 0.6) is 0 Å². The lowest BCUT2D eigenvalue weighted by Gasteiger charge is -2.42. The Morgan fingerprint density at radius 2 is 0.873 bits per heavy atom. The predicted octanol–water partition coefficient (Wildman–Crippen LogP) is 9.30. The largest absolute Gasteiger partial charge is 0.457 e. The third-order valence-electron chi connectivity index (χ3n) is 13.0. The van der Waals surface area contributed by atoms with Crippen LogP contribution in [0.2, 0.25) is 0 Å². The molecule has 0 aromatic heterocycles. The number of carbonyl (C=O) groups excluding carboxylic acids is 1. The van der Waals surface area contributed by atoms with Gasteiger partial charge in [-0.05, 0) is 83.5 Å². The van der Waals surface area contributed by atoms with Gasteiger partial charge in [-0.25, -0.2) is 0 Å². The van der Waals surface area contributed by atoms with Crippen LogP contribution < -0.4 is 0 Å². The Bertz CT molecular complexity index is 1400. The summed E-state index contributed by atoms with van der Waals surface area (Å²) < 4.78 is 34.3. The topological polar surface area (TPSA) is 214 Å². The normalized spacial score (nSPS) is 25.8. The molecule has 2 aliphatic rings. The molecule has 0 spiro atoms. The van der Waals surface area contributed by atoms with Gasteiger partial charge in [-0.3, -0.25) is 4.79 Å². The molecule has 2 fully saturated rings. The molecule has 2 heterocycles. The van der Waals surface area contributed by atoms with Crippen LogP contribution in [0.25, 0.3) is 0 Å². The number of esters is 1. The molecule has 71 heavy (non-hydrogen) atoms. The second-order valence-corrected chi connectivity index (χ2v) is 19.4. The van der Waals surface area contributed by atoms with E-state index in [9.17, 15) is 40.5 Å². The summed E-state index contributed by atoms with van der Waals surface area (Å²) in [5.74, 6) is -0.395. The highest BCUT2D eigenvalue weighted by atomic mass is 16.7. The maximum absolute atomic E-state index is 13.0. The summed E-state index contributed by atoms with van der Waals surface area (Å²) in [5.41, 5.74) is 0. The summed E-state index contributed by atoms with van der Waals surface area (Å²) in [6, 6.07) is 0. The maximum Gasteiger partial charge on any atom is 0.306 e. The van der Waals surface area contributed by atoms with E-state index in [1.165, 1.54) is 83.5 Å². The van der Waals surface area contributed by atoms with E-state index in [1.807, 2.05) is 0 Å². The Morgan fingerprint density at radius 1 is 0.465 bits per heavy atom. The highest BCUT2D eigenvalue weighted by Crippen LogP contribution is 2.26. The molecule has 11 unspecified atom stereocenters. The molecule has 0 bridgehead atoms. The fourth-order valence-electron chi connectivity index (χ4n) is 8.44. The smallest absolute Gasteiger partial charge is 0.306 e. The van der Waals surface area contributed by atoms with Gasteiger partial charge in [0.05, 0.1) is 26.4 Å². The van der Waals surface area contributed by atoms with Crippen molar-refractivity contribution in [1.82, 2.24) is 0 Å². The first-order valence-corrected chi connectivity index (χ1v) is 27.9. The van der Waals surface area contributed by atoms with Crippen LogP contribution in [0.1, 0.15) is 194 Å². The van der Waals surface area contributed by atoms with Crippen molar-refractivity contribution in [2.45, 2.75) is 261 Å². The minimum atomic E-state index is -1.71. The zero-order valence-electron chi connectivity index (χ0n) is 43.9. The highest BCUT2D eigenvalue weighted by Gasteiger charge is 2.47. The molecular weight excluding hydrogens is 909 g/mol. The van der Waals surface area contributed by atoms with Crippen molar-refractivity contribution in [2.75, 3.05) is 33.0 Å². The quantitative estimate of drug-likeness (QED) is 0.0172. The van der Waals surface area contributed by atoms with Crippen LogP contribution in [0.4, 0.5) is 0 Å². The Kier molecular flexibility index (Phi) is 40.2. The third-order valence-corrected chi connectivity index (χ3v) is 13.0. The van der Waals surface area contributed by atoms with E-state index in [0.29, 0.717) is 13.0 Å². The average molecular weight is 1010 g/mol. The Labute approximate surface area is 428 Å². The van der Waals surface area contributed by atoms with Crippen molar-refractivity contribution in [2.24, 2.45) is 0 Å². The molecule has 2 aliphatic heterocycles. The van der Waals surface area contributed by atoms with Gasteiger partial charge in [-0.15, -0.1) is 0 Å². The molecule has 0 aliphatic carbocycles. The summed E-state index contributed by atoms with van der Waals surface area (Å²) in [7, 11) is 0. The van der Waals surface area contributed by atoms with E-state index >= 15 is 0 Å². The molecule has 0 radical (unpaired) electrons. The van der Waals surface area contributed by atoms with Gasteiger partial charge in [0.15, 0.2) is 12.6 Å². The lowest BCUT2D eigenvalue weighted by Crippen LogP contribution is -2.61. The first-order chi connectivity index (χ1) is 34.6. The van der Waals surface area contributed by atoms with E-state index in [0.717, 1.165) is 83.5 Å². The first-order valence-electron chi connectivity index (χ1n) is 27.9. The van der Waals surface area contributed by atoms with Gasteiger partial charge in [0.2, 0.25) is 0 Å². The van der Waals surface area contributed by atoms with Gasteiger partial charge in [-0.2, -0.15) is 0 Å². The van der Waals surface area contributed by atoms with Crippen molar-refractivity contribution < 1.29 is 69.0 Å². The lowest BCUT2D eigenvalue weighted by atomic mass is 9.98. The van der Waals surface area contributed by atoms with E-state index in [2.05, 4.69) is 74.6 Å². The van der Waals surface area contributed by atoms with Gasteiger partial charge in [-0.1, -0.05) is 164 Å². The van der Waals surface area contributed by atoms with E-state index in [-0.39, 0.29) is 19.6 Å². The van der Waals surface area contributed by atoms with Crippen LogP contribution in [-0.2, 0) is 33.2 Å². The number of hydrogen-bond donors (Lipinski definition) is 7. The molecule has 0 aromatic rings. The molecule has 7 N–H and O–H groups in total. The summed E-state index contributed by atoms with van der Waals surface area (Å²) >= 11 is 0. The minimum Gasteiger partial charge on any atom is -0.457 e. The van der Waals surface area contributed by atoms with E-state index in [4.69, 9.17) is 28.4 Å². The van der Waals surface area contributed by atoms with Crippen molar-refractivity contribution in [3.8, 4) is 0 Å². The van der Waals surface area contributed by atoms with Gasteiger partial charge in [0.25, 0.3) is 0 Å². The van der Waals surface area contributed by atoms with Crippen LogP contribution >= 0.6 is 0 Å². The number of hydrogen-bond acceptors (Lipinski definition) is 14. The Morgan fingerprint density at radius 3 is 1.39 bits per heavy atom. The zero-order valence-corrected chi connectivity index (χ0v) is 43.9. The summed E-state index contributed by atoms with van der Waals surface area (Å²) in [6.07, 6.45) is 37.0. The fraction of sp³-hybridized carbons (Fsp3) is 0.807. The average Bonchev–Trinajstić information content (AvgIpc) is 3.37. The third kappa shape index (κ3) is 31.2. The number of unbranched alkanes of at least 4 members (excludes halogenated alkanes) is 20. The fourth-order valence-corrected chi connectivity index (χ4v) is 8.44. The monoisotopic (exact) mass is 1010 g/mol. The van der Waals surface area contributed by atoms with Gasteiger partial charge in [0, 0.05) is 13.0 Å². The van der Waals surface area contributed by atoms with Crippen molar-refractivity contribution in [3.05, 3.63) is 60.8 Å². The summed E-state index contributed by atoms with van der Waals surface area (Å²) in [5, 5.41) is 72.2. The van der Waals surface area contributed by atoms with E-state index < -0.39 is 86.7 Å². The van der Waals surface area contributed by atoms with Crippen LogP contribution in [-0.4, -0.2) is 142 Å². The maximum atomic E-state index is 13.0. The molecule has 0 aromatic carbocycles. The number of aliphatic hydroxyl groups excluding tert-OH is 7. The zero-order chi connectivity index (χ0) is 51.6. The Hall–Kier alpha value is -2.31. The molecule has 0 amide bonds. The SMILES string of the molecule is CCCCC/C=C\C/C=C\CCCCCCCC(=O)OC(COCCCCCCCCC/C=C\C/C=C\C/C=C\CCCCCCC)COC1OC(COC2OC(CO)C(O)C(O)C2O)C(O)C(O)C1O. The molecule has 0 saturated carbocycles. The molecule has 14 nitrogen and oxygen atoms in total. The number of aliphatic hydroxyl groups is 7. The van der Waals surface area contributed by atoms with Crippen molar-refractivity contribution >= 4 is 5.97 Å². The van der Waals surface area contributed by atoms with Crippen molar-refractivity contribution in [1.29, 1.82) is 0 Å². The molecule has 11 atom stereocenters. The second-order valence-electron chi connectivity index (χ2n) is 19.4. The van der Waals surface area contributed by atoms with Crippen LogP contribution in [0.15, 0.2) is 60.8 Å². The molecule has 2 saturated heterocycles. The highest BCUT2D eigenvalue weighted by molar-refractivity contribution is 5.69. The Balaban J connectivity index is 1.74. The predicted molar refractivity (Wildman–Crippen MR) is 279 cm³/mol. The summed E-state index contributed by atoms with van der Waals surface area (Å²) in [6.45, 7) is 3.61. The number of ether oxygens (including phenoxy) is 6. The van der Waals surface area contributed by atoms with E-state index in [1.54, 1.807) is 0 Å². The van der Waals surface area contributed by atoms with Crippen LogP contribution in [0, 0.1) is 0 Å². The minimum absolute atomic E-state index is 0.0468. The van der Waals surface area contributed by atoms with Crippen molar-refractivity contribution in [3.63, 3.8) is 0 Å². The van der Waals surface area contributed by atoms with Gasteiger partial charge in [0.1, 0.15) is 54.9 Å². The first kappa shape index (κ1) is 64.8. The standard InChI is InChI=1S/C57H100O14/c1-3-5-7-9-11-13-15-17-19-20-21-22-23-24-25-27-29-31-33-35-37-39-41-66-43-46(69-49(59)40-38-36-34-32-30-28-26-18-16-14-12-10-8-6-4-2)44-67-56-55(65)53(63)51(61)48(71-56)45-68-57-54(64)52(62)50(60)47(42-58)70-57/h12,14-15,17-18,20-21,23-24,26,46-48,50-58,60-65H,3-11,13,16,19,22,25,27-45H2,1-2H3/b14-12-,17-15-,21-20-,24-23-,26-18-. The molecule has 14 heteroatoms. The summed E-state index contributed by atoms with van der Waals surface area (Å²) in [4.78, 5) is 13.0.